The van der Waals surface area contributed by atoms with E-state index in [-0.39, 0.29) is 13.2 Å². The van der Waals surface area contributed by atoms with Gasteiger partial charge in [-0.3, -0.25) is 14.5 Å². The first-order valence-electron chi connectivity index (χ1n) is 8.71. The van der Waals surface area contributed by atoms with Gasteiger partial charge >= 0.3 is 17.8 Å². The maximum Gasteiger partial charge on any atom is 0.338 e. The Morgan fingerprint density at radius 3 is 2.35 bits per heavy atom. The number of hydrogen-bond acceptors (Lipinski definition) is 5. The first-order chi connectivity index (χ1) is 12.4. The van der Waals surface area contributed by atoms with E-state index < -0.39 is 17.8 Å². The van der Waals surface area contributed by atoms with Gasteiger partial charge in [-0.05, 0) is 31.5 Å². The average Bonchev–Trinajstić information content (AvgIpc) is 2.81. The zero-order valence-corrected chi connectivity index (χ0v) is 15.7. The standard InChI is InChI=1S/C18H25N3O5/c1-5-9-20-16(22)17(23)21(18(20)24)12-19(3)11-13-7-8-14(26-6-2)15(10-13)25-4/h7-8,10H,5-6,9,11-12H2,1-4H3/p+1. The predicted molar refractivity (Wildman–Crippen MR) is 93.9 cm³/mol. The molecule has 142 valence electrons. The highest BCUT2D eigenvalue weighted by Gasteiger charge is 2.45. The zero-order chi connectivity index (χ0) is 19.3. The van der Waals surface area contributed by atoms with Crippen LogP contribution in [0.5, 0.6) is 11.5 Å². The molecule has 1 saturated heterocycles. The number of amides is 4. The van der Waals surface area contributed by atoms with E-state index in [4.69, 9.17) is 9.47 Å². The number of imide groups is 2. The number of carbonyl (C=O) groups is 3. The Bertz CT molecular complexity index is 691. The summed E-state index contributed by atoms with van der Waals surface area (Å²) in [6.45, 7) is 5.24. The molecule has 2 rings (SSSR count). The summed E-state index contributed by atoms with van der Waals surface area (Å²) in [4.78, 5) is 39.2. The van der Waals surface area contributed by atoms with Crippen LogP contribution in [0.15, 0.2) is 18.2 Å². The van der Waals surface area contributed by atoms with Crippen molar-refractivity contribution in [2.45, 2.75) is 26.8 Å². The Kier molecular flexibility index (Phi) is 6.57. The van der Waals surface area contributed by atoms with E-state index in [0.29, 0.717) is 31.1 Å². The van der Waals surface area contributed by atoms with Crippen molar-refractivity contribution < 1.29 is 28.8 Å². The number of carbonyl (C=O) groups excluding carboxylic acids is 3. The molecule has 0 saturated carbocycles. The monoisotopic (exact) mass is 364 g/mol. The molecule has 0 spiro atoms. The molecule has 1 aliphatic rings. The fourth-order valence-electron chi connectivity index (χ4n) is 2.88. The van der Waals surface area contributed by atoms with Gasteiger partial charge in [0.15, 0.2) is 18.2 Å². The molecule has 8 heteroatoms. The highest BCUT2D eigenvalue weighted by Crippen LogP contribution is 2.27. The van der Waals surface area contributed by atoms with Crippen molar-refractivity contribution in [1.82, 2.24) is 9.80 Å². The third-order valence-electron chi connectivity index (χ3n) is 4.04. The Labute approximate surface area is 153 Å². The third-order valence-corrected chi connectivity index (χ3v) is 4.04. The number of benzene rings is 1. The zero-order valence-electron chi connectivity index (χ0n) is 15.7. The molecule has 1 fully saturated rings. The van der Waals surface area contributed by atoms with Crippen molar-refractivity contribution >= 4 is 17.8 Å². The summed E-state index contributed by atoms with van der Waals surface area (Å²) in [6.07, 6.45) is 0.618. The van der Waals surface area contributed by atoms with Gasteiger partial charge < -0.3 is 14.4 Å². The molecular formula is C18H26N3O5+. The predicted octanol–water partition coefficient (Wildman–Crippen LogP) is 0.267. The fraction of sp³-hybridized carbons (Fsp3) is 0.500. The highest BCUT2D eigenvalue weighted by atomic mass is 16.5. The lowest BCUT2D eigenvalue weighted by Crippen LogP contribution is -3.09. The molecule has 0 bridgehead atoms. The number of hydrogen-bond donors (Lipinski definition) is 1. The minimum absolute atomic E-state index is 0.124. The lowest BCUT2D eigenvalue weighted by Gasteiger charge is -2.20. The molecular weight excluding hydrogens is 338 g/mol. The Balaban J connectivity index is 2.04. The normalized spacial score (nSPS) is 15.6. The second-order valence-corrected chi connectivity index (χ2v) is 6.18. The minimum Gasteiger partial charge on any atom is -0.493 e. The van der Waals surface area contributed by atoms with Crippen molar-refractivity contribution in [3.63, 3.8) is 0 Å². The second kappa shape index (κ2) is 8.66. The second-order valence-electron chi connectivity index (χ2n) is 6.18. The molecule has 1 N–H and O–H groups in total. The van der Waals surface area contributed by atoms with Crippen LogP contribution >= 0.6 is 0 Å². The number of urea groups is 1. The Hall–Kier alpha value is -2.61. The van der Waals surface area contributed by atoms with E-state index in [9.17, 15) is 14.4 Å². The van der Waals surface area contributed by atoms with Crippen LogP contribution in [0.2, 0.25) is 0 Å². The Morgan fingerprint density at radius 2 is 1.73 bits per heavy atom. The van der Waals surface area contributed by atoms with Crippen LogP contribution in [0, 0.1) is 0 Å². The molecule has 1 heterocycles. The molecule has 4 amide bonds. The van der Waals surface area contributed by atoms with E-state index in [0.717, 1.165) is 20.3 Å². The third kappa shape index (κ3) is 4.13. The van der Waals surface area contributed by atoms with Crippen LogP contribution in [0.1, 0.15) is 25.8 Å². The van der Waals surface area contributed by atoms with E-state index in [1.54, 1.807) is 7.11 Å². The number of nitrogens with one attached hydrogen (secondary N) is 1. The molecule has 1 aromatic carbocycles. The van der Waals surface area contributed by atoms with Gasteiger partial charge in [0.2, 0.25) is 0 Å². The van der Waals surface area contributed by atoms with Gasteiger partial charge in [-0.2, -0.15) is 0 Å². The molecule has 8 nitrogen and oxygen atoms in total. The van der Waals surface area contributed by atoms with E-state index in [1.807, 2.05) is 39.1 Å². The van der Waals surface area contributed by atoms with Crippen molar-refractivity contribution in [3.8, 4) is 11.5 Å². The quantitative estimate of drug-likeness (QED) is 0.502. The van der Waals surface area contributed by atoms with Crippen LogP contribution in [-0.4, -0.2) is 61.6 Å². The van der Waals surface area contributed by atoms with Gasteiger partial charge in [-0.25, -0.2) is 9.69 Å². The number of quaternary nitrogens is 1. The topological polar surface area (TPSA) is 80.6 Å². The van der Waals surface area contributed by atoms with Gasteiger partial charge in [0.05, 0.1) is 20.8 Å². The summed E-state index contributed by atoms with van der Waals surface area (Å²) < 4.78 is 10.8. The number of nitrogens with zero attached hydrogens (tertiary/aromatic N) is 2. The molecule has 0 aliphatic carbocycles. The summed E-state index contributed by atoms with van der Waals surface area (Å²) in [5, 5.41) is 0. The van der Waals surface area contributed by atoms with Crippen LogP contribution in [0.3, 0.4) is 0 Å². The van der Waals surface area contributed by atoms with E-state index in [1.165, 1.54) is 0 Å². The summed E-state index contributed by atoms with van der Waals surface area (Å²) in [6, 6.07) is 5.09. The first kappa shape index (κ1) is 19.7. The van der Waals surface area contributed by atoms with E-state index >= 15 is 0 Å². The summed E-state index contributed by atoms with van der Waals surface area (Å²) >= 11 is 0. The first-order valence-corrected chi connectivity index (χ1v) is 8.71. The lowest BCUT2D eigenvalue weighted by atomic mass is 10.2. The van der Waals surface area contributed by atoms with Crippen LogP contribution in [-0.2, 0) is 16.1 Å². The Morgan fingerprint density at radius 1 is 1.04 bits per heavy atom. The van der Waals surface area contributed by atoms with Gasteiger partial charge in [0.1, 0.15) is 6.54 Å². The van der Waals surface area contributed by atoms with Gasteiger partial charge in [-0.1, -0.05) is 6.92 Å². The largest absolute Gasteiger partial charge is 0.493 e. The van der Waals surface area contributed by atoms with Gasteiger partial charge in [-0.15, -0.1) is 0 Å². The van der Waals surface area contributed by atoms with Crippen LogP contribution in [0.4, 0.5) is 4.79 Å². The molecule has 1 aromatic rings. The maximum absolute atomic E-state index is 12.3. The van der Waals surface area contributed by atoms with Crippen molar-refractivity contribution in [1.29, 1.82) is 0 Å². The number of ether oxygens (including phenoxy) is 2. The maximum atomic E-state index is 12.3. The van der Waals surface area contributed by atoms with Crippen LogP contribution in [0.25, 0.3) is 0 Å². The number of methoxy groups -OCH3 is 1. The van der Waals surface area contributed by atoms with Crippen molar-refractivity contribution in [3.05, 3.63) is 23.8 Å². The van der Waals surface area contributed by atoms with E-state index in [2.05, 4.69) is 0 Å². The molecule has 26 heavy (non-hydrogen) atoms. The fourth-order valence-corrected chi connectivity index (χ4v) is 2.88. The van der Waals surface area contributed by atoms with Crippen molar-refractivity contribution in [2.24, 2.45) is 0 Å². The smallest absolute Gasteiger partial charge is 0.338 e. The molecule has 1 aliphatic heterocycles. The lowest BCUT2D eigenvalue weighted by molar-refractivity contribution is -0.901. The van der Waals surface area contributed by atoms with Crippen LogP contribution < -0.4 is 14.4 Å². The average molecular weight is 364 g/mol. The summed E-state index contributed by atoms with van der Waals surface area (Å²) in [7, 11) is 3.43. The van der Waals surface area contributed by atoms with Gasteiger partial charge in [0.25, 0.3) is 0 Å². The van der Waals surface area contributed by atoms with Crippen molar-refractivity contribution in [2.75, 3.05) is 34.0 Å². The molecule has 1 unspecified atom stereocenters. The summed E-state index contributed by atoms with van der Waals surface area (Å²) in [5.74, 6) is -0.198. The summed E-state index contributed by atoms with van der Waals surface area (Å²) in [5.41, 5.74) is 0.971. The highest BCUT2D eigenvalue weighted by molar-refractivity contribution is 6.44. The molecule has 1 atom stereocenters. The van der Waals surface area contributed by atoms with Gasteiger partial charge in [0, 0.05) is 12.1 Å². The minimum atomic E-state index is -0.757. The molecule has 0 aromatic heterocycles. The SMILES string of the molecule is CCCN1C(=O)C(=O)N(C[NH+](C)Cc2ccc(OCC)c(OC)c2)C1=O. The number of rotatable bonds is 9. The molecule has 0 radical (unpaired) electrons.